The van der Waals surface area contributed by atoms with E-state index in [1.54, 1.807) is 17.9 Å². The van der Waals surface area contributed by atoms with Crippen LogP contribution in [-0.2, 0) is 7.05 Å². The normalized spacial score (nSPS) is 10.5. The zero-order chi connectivity index (χ0) is 9.42. The molecule has 0 spiro atoms. The number of rotatable bonds is 1. The van der Waals surface area contributed by atoms with Crippen LogP contribution in [0.5, 0.6) is 0 Å². The lowest BCUT2D eigenvalue weighted by Gasteiger charge is -1.92. The van der Waals surface area contributed by atoms with Crippen molar-refractivity contribution in [1.82, 2.24) is 14.8 Å². The molecule has 13 heavy (non-hydrogen) atoms. The van der Waals surface area contributed by atoms with Crippen molar-refractivity contribution in [3.63, 3.8) is 0 Å². The highest BCUT2D eigenvalue weighted by Gasteiger charge is 2.11. The molecule has 0 aliphatic heterocycles. The molecule has 2 heterocycles. The van der Waals surface area contributed by atoms with E-state index in [1.807, 2.05) is 0 Å². The summed E-state index contributed by atoms with van der Waals surface area (Å²) in [5.74, 6) is -0.980. The van der Waals surface area contributed by atoms with Crippen molar-refractivity contribution in [3.05, 3.63) is 24.0 Å². The van der Waals surface area contributed by atoms with Crippen LogP contribution in [0.2, 0.25) is 0 Å². The van der Waals surface area contributed by atoms with E-state index in [4.69, 9.17) is 5.11 Å². The van der Waals surface area contributed by atoms with Crippen LogP contribution in [0.1, 0.15) is 10.4 Å². The summed E-state index contributed by atoms with van der Waals surface area (Å²) in [4.78, 5) is 14.7. The number of pyridine rings is 1. The Labute approximate surface area is 73.6 Å². The largest absolute Gasteiger partial charge is 0.478 e. The second-order valence-corrected chi connectivity index (χ2v) is 2.70. The first-order valence-corrected chi connectivity index (χ1v) is 3.70. The molecule has 2 rings (SSSR count). The lowest BCUT2D eigenvalue weighted by Crippen LogP contribution is -1.98. The molecule has 0 aliphatic rings. The third kappa shape index (κ3) is 1.14. The SMILES string of the molecule is Cn1cc2nccc(C(=O)O)c2n1. The van der Waals surface area contributed by atoms with Crippen molar-refractivity contribution in [3.8, 4) is 0 Å². The van der Waals surface area contributed by atoms with E-state index in [9.17, 15) is 4.79 Å². The number of carbonyl (C=O) groups is 1. The lowest BCUT2D eigenvalue weighted by molar-refractivity contribution is 0.0698. The summed E-state index contributed by atoms with van der Waals surface area (Å²) in [7, 11) is 1.73. The standard InChI is InChI=1S/C8H7N3O2/c1-11-4-6-7(10-11)5(8(12)13)2-3-9-6/h2-4H,1H3,(H,12,13). The molecular formula is C8H7N3O2. The maximum Gasteiger partial charge on any atom is 0.338 e. The number of hydrogen-bond donors (Lipinski definition) is 1. The number of aromatic nitrogens is 3. The molecule has 2 aromatic rings. The molecule has 0 unspecified atom stereocenters. The van der Waals surface area contributed by atoms with Gasteiger partial charge in [0.15, 0.2) is 0 Å². The van der Waals surface area contributed by atoms with Crippen LogP contribution >= 0.6 is 0 Å². The summed E-state index contributed by atoms with van der Waals surface area (Å²) in [5.41, 5.74) is 1.21. The van der Waals surface area contributed by atoms with Crippen molar-refractivity contribution in [2.24, 2.45) is 7.05 Å². The number of carboxylic acid groups (broad SMARTS) is 1. The molecule has 0 aromatic carbocycles. The fraction of sp³-hybridized carbons (Fsp3) is 0.125. The number of hydrogen-bond acceptors (Lipinski definition) is 3. The van der Waals surface area contributed by atoms with Gasteiger partial charge in [0, 0.05) is 13.2 Å². The quantitative estimate of drug-likeness (QED) is 0.695. The summed E-state index contributed by atoms with van der Waals surface area (Å²) in [6.07, 6.45) is 3.15. The van der Waals surface area contributed by atoms with Crippen LogP contribution in [0.4, 0.5) is 0 Å². The van der Waals surface area contributed by atoms with Crippen LogP contribution in [0.15, 0.2) is 18.5 Å². The van der Waals surface area contributed by atoms with Gasteiger partial charge in [-0.3, -0.25) is 9.67 Å². The average Bonchev–Trinajstić information content (AvgIpc) is 2.43. The molecule has 0 aliphatic carbocycles. The van der Waals surface area contributed by atoms with Gasteiger partial charge in [0.2, 0.25) is 0 Å². The minimum atomic E-state index is -0.980. The van der Waals surface area contributed by atoms with Crippen LogP contribution in [0.3, 0.4) is 0 Å². The van der Waals surface area contributed by atoms with Gasteiger partial charge in [-0.1, -0.05) is 0 Å². The molecule has 0 atom stereocenters. The van der Waals surface area contributed by atoms with Gasteiger partial charge in [-0.15, -0.1) is 0 Å². The highest BCUT2D eigenvalue weighted by molar-refractivity contribution is 6.00. The number of fused-ring (bicyclic) bond motifs is 1. The monoisotopic (exact) mass is 177 g/mol. The summed E-state index contributed by atoms with van der Waals surface area (Å²) >= 11 is 0. The summed E-state index contributed by atoms with van der Waals surface area (Å²) in [6.45, 7) is 0. The van der Waals surface area contributed by atoms with E-state index < -0.39 is 5.97 Å². The van der Waals surface area contributed by atoms with Gasteiger partial charge in [0.1, 0.15) is 11.0 Å². The van der Waals surface area contributed by atoms with Gasteiger partial charge in [-0.25, -0.2) is 4.79 Å². The third-order valence-corrected chi connectivity index (χ3v) is 1.75. The summed E-state index contributed by atoms with van der Waals surface area (Å²) in [5, 5.41) is 12.8. The first-order chi connectivity index (χ1) is 6.18. The van der Waals surface area contributed by atoms with E-state index >= 15 is 0 Å². The Kier molecular flexibility index (Phi) is 1.51. The Morgan fingerprint density at radius 2 is 2.38 bits per heavy atom. The molecule has 0 radical (unpaired) electrons. The Morgan fingerprint density at radius 3 is 3.08 bits per heavy atom. The maximum absolute atomic E-state index is 10.7. The van der Waals surface area contributed by atoms with Crippen LogP contribution in [0, 0.1) is 0 Å². The number of nitrogens with zero attached hydrogens (tertiary/aromatic N) is 3. The minimum Gasteiger partial charge on any atom is -0.478 e. The number of aromatic carboxylic acids is 1. The van der Waals surface area contributed by atoms with Crippen molar-refractivity contribution < 1.29 is 9.90 Å². The summed E-state index contributed by atoms with van der Waals surface area (Å²) in [6, 6.07) is 1.44. The molecule has 1 N–H and O–H groups in total. The molecule has 0 bridgehead atoms. The zero-order valence-corrected chi connectivity index (χ0v) is 6.93. The lowest BCUT2D eigenvalue weighted by atomic mass is 10.2. The highest BCUT2D eigenvalue weighted by Crippen LogP contribution is 2.13. The van der Waals surface area contributed by atoms with E-state index in [0.29, 0.717) is 11.0 Å². The fourth-order valence-corrected chi connectivity index (χ4v) is 1.21. The first-order valence-electron chi connectivity index (χ1n) is 3.70. The molecule has 66 valence electrons. The highest BCUT2D eigenvalue weighted by atomic mass is 16.4. The van der Waals surface area contributed by atoms with Gasteiger partial charge in [-0.2, -0.15) is 5.10 Å². The second-order valence-electron chi connectivity index (χ2n) is 2.70. The molecule has 5 nitrogen and oxygen atoms in total. The predicted molar refractivity (Wildman–Crippen MR) is 45.5 cm³/mol. The average molecular weight is 177 g/mol. The third-order valence-electron chi connectivity index (χ3n) is 1.75. The van der Waals surface area contributed by atoms with Gasteiger partial charge >= 0.3 is 5.97 Å². The molecule has 0 amide bonds. The minimum absolute atomic E-state index is 0.186. The van der Waals surface area contributed by atoms with Crippen LogP contribution in [-0.4, -0.2) is 25.8 Å². The first kappa shape index (κ1) is 7.72. The molecule has 2 aromatic heterocycles. The molecule has 0 fully saturated rings. The van der Waals surface area contributed by atoms with E-state index in [-0.39, 0.29) is 5.56 Å². The van der Waals surface area contributed by atoms with Gasteiger partial charge in [0.25, 0.3) is 0 Å². The Balaban J connectivity index is 2.82. The Bertz CT molecular complexity index is 475. The van der Waals surface area contributed by atoms with Crippen molar-refractivity contribution in [2.75, 3.05) is 0 Å². The van der Waals surface area contributed by atoms with Crippen molar-refractivity contribution in [1.29, 1.82) is 0 Å². The van der Waals surface area contributed by atoms with Gasteiger partial charge in [0.05, 0.1) is 11.8 Å². The Morgan fingerprint density at radius 1 is 1.62 bits per heavy atom. The second kappa shape index (κ2) is 2.55. The summed E-state index contributed by atoms with van der Waals surface area (Å²) < 4.78 is 1.55. The van der Waals surface area contributed by atoms with E-state index in [0.717, 1.165) is 0 Å². The Hall–Kier alpha value is -1.91. The van der Waals surface area contributed by atoms with E-state index in [1.165, 1.54) is 12.3 Å². The van der Waals surface area contributed by atoms with Crippen molar-refractivity contribution >= 4 is 17.0 Å². The fourth-order valence-electron chi connectivity index (χ4n) is 1.21. The molecule has 5 heteroatoms. The number of aryl methyl sites for hydroxylation is 1. The van der Waals surface area contributed by atoms with Gasteiger partial charge < -0.3 is 5.11 Å². The van der Waals surface area contributed by atoms with Crippen LogP contribution < -0.4 is 0 Å². The maximum atomic E-state index is 10.7. The molecule has 0 saturated heterocycles. The zero-order valence-electron chi connectivity index (χ0n) is 6.93. The number of carboxylic acids is 1. The van der Waals surface area contributed by atoms with Crippen LogP contribution in [0.25, 0.3) is 11.0 Å². The van der Waals surface area contributed by atoms with Crippen molar-refractivity contribution in [2.45, 2.75) is 0 Å². The van der Waals surface area contributed by atoms with E-state index in [2.05, 4.69) is 10.1 Å². The molecule has 0 saturated carbocycles. The molecular weight excluding hydrogens is 170 g/mol. The topological polar surface area (TPSA) is 68.0 Å². The predicted octanol–water partition coefficient (Wildman–Crippen LogP) is 0.666. The smallest absolute Gasteiger partial charge is 0.338 e. The van der Waals surface area contributed by atoms with Gasteiger partial charge in [-0.05, 0) is 6.07 Å².